The first-order chi connectivity index (χ1) is 7.16. The summed E-state index contributed by atoms with van der Waals surface area (Å²) in [6, 6.07) is 6.15. The first-order valence-electron chi connectivity index (χ1n) is 4.85. The van der Waals surface area contributed by atoms with Gasteiger partial charge in [0.2, 0.25) is 0 Å². The largest absolute Gasteiger partial charge is 0.262 e. The van der Waals surface area contributed by atoms with Crippen LogP contribution >= 0.6 is 0 Å². The molecule has 1 aromatic heterocycles. The Morgan fingerprint density at radius 1 is 1.20 bits per heavy atom. The van der Waals surface area contributed by atoms with E-state index in [9.17, 15) is 4.39 Å². The molecule has 0 unspecified atom stereocenters. The van der Waals surface area contributed by atoms with E-state index in [2.05, 4.69) is 15.2 Å². The fourth-order valence-electron chi connectivity index (χ4n) is 1.26. The summed E-state index contributed by atoms with van der Waals surface area (Å²) < 4.78 is 12.7. The van der Waals surface area contributed by atoms with Crippen LogP contribution in [0.2, 0.25) is 0 Å². The topological polar surface area (TPSA) is 41.6 Å². The fraction of sp³-hybridized carbons (Fsp3) is 0.273. The molecule has 15 heavy (non-hydrogen) atoms. The van der Waals surface area contributed by atoms with Crippen molar-refractivity contribution in [2.45, 2.75) is 19.8 Å². The Bertz CT molecular complexity index is 445. The molecule has 3 nitrogen and oxygen atoms in total. The lowest BCUT2D eigenvalue weighted by atomic mass is 10.2. The first-order valence-corrected chi connectivity index (χ1v) is 4.85. The van der Waals surface area contributed by atoms with E-state index < -0.39 is 0 Å². The molecule has 0 radical (unpaired) electrons. The van der Waals surface area contributed by atoms with E-state index in [0.29, 0.717) is 11.7 Å². The number of aromatic nitrogens is 3. The predicted octanol–water partition coefficient (Wildman–Crippen LogP) is 2.73. The van der Waals surface area contributed by atoms with Crippen molar-refractivity contribution in [1.82, 2.24) is 15.2 Å². The average molecular weight is 205 g/mol. The van der Waals surface area contributed by atoms with Crippen LogP contribution in [0.5, 0.6) is 0 Å². The van der Waals surface area contributed by atoms with Crippen molar-refractivity contribution >= 4 is 0 Å². The van der Waals surface area contributed by atoms with Gasteiger partial charge in [-0.05, 0) is 24.3 Å². The molecule has 0 amide bonds. The quantitative estimate of drug-likeness (QED) is 0.819. The fourth-order valence-corrected chi connectivity index (χ4v) is 1.26. The van der Waals surface area contributed by atoms with Gasteiger partial charge in [0.15, 0.2) is 5.82 Å². The van der Waals surface area contributed by atoms with Crippen LogP contribution in [0, 0.1) is 5.82 Å². The predicted molar refractivity (Wildman–Crippen MR) is 55.9 cm³/mol. The second-order valence-electron chi connectivity index (χ2n) is 3.71. The minimum atomic E-state index is -0.252. The second-order valence-corrected chi connectivity index (χ2v) is 3.71. The lowest BCUT2D eigenvalue weighted by Crippen LogP contribution is -1.89. The molecule has 0 aliphatic carbocycles. The summed E-state index contributed by atoms with van der Waals surface area (Å²) >= 11 is 0. The lowest BCUT2D eigenvalue weighted by molar-refractivity contribution is 0.628. The minimum absolute atomic E-state index is 0.252. The van der Waals surface area contributed by atoms with Crippen molar-refractivity contribution in [3.05, 3.63) is 35.9 Å². The molecule has 78 valence electrons. The molecule has 0 saturated carbocycles. The summed E-state index contributed by atoms with van der Waals surface area (Å²) in [6.07, 6.45) is 0. The van der Waals surface area contributed by atoms with Gasteiger partial charge in [0.1, 0.15) is 11.6 Å². The molecule has 0 bridgehead atoms. The Kier molecular flexibility index (Phi) is 2.49. The molecule has 0 saturated heterocycles. The Labute approximate surface area is 87.4 Å². The molecule has 0 fully saturated rings. The highest BCUT2D eigenvalue weighted by atomic mass is 19.1. The molecule has 1 N–H and O–H groups in total. The highest BCUT2D eigenvalue weighted by Crippen LogP contribution is 2.17. The van der Waals surface area contributed by atoms with Crippen molar-refractivity contribution in [3.63, 3.8) is 0 Å². The Morgan fingerprint density at radius 3 is 2.40 bits per heavy atom. The van der Waals surface area contributed by atoms with Gasteiger partial charge in [0, 0.05) is 11.5 Å². The molecule has 1 heterocycles. The zero-order valence-electron chi connectivity index (χ0n) is 8.66. The minimum Gasteiger partial charge on any atom is -0.262 e. The molecule has 0 aliphatic rings. The van der Waals surface area contributed by atoms with Gasteiger partial charge in [0.05, 0.1) is 0 Å². The van der Waals surface area contributed by atoms with Gasteiger partial charge in [0.25, 0.3) is 0 Å². The van der Waals surface area contributed by atoms with Crippen molar-refractivity contribution < 1.29 is 4.39 Å². The molecule has 0 spiro atoms. The maximum atomic E-state index is 12.7. The Hall–Kier alpha value is -1.71. The van der Waals surface area contributed by atoms with E-state index in [-0.39, 0.29) is 5.82 Å². The van der Waals surface area contributed by atoms with Gasteiger partial charge >= 0.3 is 0 Å². The van der Waals surface area contributed by atoms with Crippen LogP contribution in [0.4, 0.5) is 4.39 Å². The zero-order chi connectivity index (χ0) is 10.8. The van der Waals surface area contributed by atoms with Crippen LogP contribution in [0.1, 0.15) is 25.6 Å². The third-order valence-electron chi connectivity index (χ3n) is 2.15. The van der Waals surface area contributed by atoms with Crippen LogP contribution in [0.3, 0.4) is 0 Å². The van der Waals surface area contributed by atoms with Crippen molar-refractivity contribution in [1.29, 1.82) is 0 Å². The van der Waals surface area contributed by atoms with Crippen LogP contribution < -0.4 is 0 Å². The number of nitrogens with one attached hydrogen (secondary N) is 1. The third kappa shape index (κ3) is 2.03. The smallest absolute Gasteiger partial charge is 0.181 e. The number of hydrogen-bond acceptors (Lipinski definition) is 2. The molecule has 0 atom stereocenters. The SMILES string of the molecule is CC(C)c1nc(-c2ccc(F)cc2)n[nH]1. The summed E-state index contributed by atoms with van der Waals surface area (Å²) in [4.78, 5) is 4.32. The standard InChI is InChI=1S/C11H12FN3/c1-7(2)10-13-11(15-14-10)8-3-5-9(12)6-4-8/h3-7H,1-2H3,(H,13,14,15). The summed E-state index contributed by atoms with van der Waals surface area (Å²) in [5.41, 5.74) is 0.819. The highest BCUT2D eigenvalue weighted by molar-refractivity contribution is 5.54. The van der Waals surface area contributed by atoms with Crippen LogP contribution in [0.25, 0.3) is 11.4 Å². The van der Waals surface area contributed by atoms with Crippen molar-refractivity contribution in [3.8, 4) is 11.4 Å². The summed E-state index contributed by atoms with van der Waals surface area (Å²) in [6.45, 7) is 4.07. The number of aromatic amines is 1. The van der Waals surface area contributed by atoms with E-state index in [1.807, 2.05) is 13.8 Å². The number of H-pyrrole nitrogens is 1. The van der Waals surface area contributed by atoms with Crippen LogP contribution in [-0.4, -0.2) is 15.2 Å². The van der Waals surface area contributed by atoms with E-state index in [1.165, 1.54) is 12.1 Å². The molecule has 2 aromatic rings. The van der Waals surface area contributed by atoms with E-state index in [4.69, 9.17) is 0 Å². The second kappa shape index (κ2) is 3.81. The molecular formula is C11H12FN3. The molecule has 2 rings (SSSR count). The van der Waals surface area contributed by atoms with Gasteiger partial charge in [-0.3, -0.25) is 5.10 Å². The molecule has 4 heteroatoms. The summed E-state index contributed by atoms with van der Waals surface area (Å²) in [7, 11) is 0. The zero-order valence-corrected chi connectivity index (χ0v) is 8.66. The number of rotatable bonds is 2. The lowest BCUT2D eigenvalue weighted by Gasteiger charge is -1.96. The van der Waals surface area contributed by atoms with Gasteiger partial charge in [-0.15, -0.1) is 0 Å². The number of benzene rings is 1. The Balaban J connectivity index is 2.33. The number of hydrogen-bond donors (Lipinski definition) is 1. The van der Waals surface area contributed by atoms with Gasteiger partial charge in [-0.1, -0.05) is 13.8 Å². The Morgan fingerprint density at radius 2 is 1.87 bits per heavy atom. The maximum absolute atomic E-state index is 12.7. The van der Waals surface area contributed by atoms with E-state index in [1.54, 1.807) is 12.1 Å². The van der Waals surface area contributed by atoms with Gasteiger partial charge in [-0.2, -0.15) is 5.10 Å². The monoisotopic (exact) mass is 205 g/mol. The van der Waals surface area contributed by atoms with Crippen LogP contribution in [0.15, 0.2) is 24.3 Å². The number of nitrogens with zero attached hydrogens (tertiary/aromatic N) is 2. The first kappa shape index (κ1) is 9.83. The summed E-state index contributed by atoms with van der Waals surface area (Å²) in [5, 5.41) is 6.94. The van der Waals surface area contributed by atoms with E-state index >= 15 is 0 Å². The molecule has 1 aromatic carbocycles. The van der Waals surface area contributed by atoms with Crippen LogP contribution in [-0.2, 0) is 0 Å². The highest BCUT2D eigenvalue weighted by Gasteiger charge is 2.08. The normalized spacial score (nSPS) is 10.9. The molecular weight excluding hydrogens is 193 g/mol. The maximum Gasteiger partial charge on any atom is 0.181 e. The summed E-state index contributed by atoms with van der Waals surface area (Å²) in [5.74, 6) is 1.51. The van der Waals surface area contributed by atoms with Crippen molar-refractivity contribution in [2.75, 3.05) is 0 Å². The average Bonchev–Trinajstić information content (AvgIpc) is 2.68. The molecule has 0 aliphatic heterocycles. The number of halogens is 1. The van der Waals surface area contributed by atoms with Crippen molar-refractivity contribution in [2.24, 2.45) is 0 Å². The third-order valence-corrected chi connectivity index (χ3v) is 2.15. The van der Waals surface area contributed by atoms with Gasteiger partial charge < -0.3 is 0 Å². The van der Waals surface area contributed by atoms with E-state index in [0.717, 1.165) is 11.4 Å². The van der Waals surface area contributed by atoms with Gasteiger partial charge in [-0.25, -0.2) is 9.37 Å².